The monoisotopic (exact) mass is 358 g/mol. The minimum Gasteiger partial charge on any atom is -0.353 e. The lowest BCUT2D eigenvalue weighted by molar-refractivity contribution is -0.129. The highest BCUT2D eigenvalue weighted by Crippen LogP contribution is 2.54. The number of rotatable bonds is 3. The number of carbonyl (C=O) groups excluding carboxylic acids is 2. The van der Waals surface area contributed by atoms with E-state index in [-0.39, 0.29) is 29.6 Å². The summed E-state index contributed by atoms with van der Waals surface area (Å²) in [4.78, 5) is 26.6. The number of carbonyl (C=O) groups is 2. The van der Waals surface area contributed by atoms with Gasteiger partial charge in [-0.2, -0.15) is 0 Å². The van der Waals surface area contributed by atoms with Gasteiger partial charge in [0.15, 0.2) is 0 Å². The molecule has 2 saturated heterocycles. The number of hydrogen-bond donors (Lipinski definition) is 1. The maximum absolute atomic E-state index is 14.1. The van der Waals surface area contributed by atoms with Gasteiger partial charge in [0.2, 0.25) is 11.8 Å². The lowest BCUT2D eigenvalue weighted by Crippen LogP contribution is -2.46. The second kappa shape index (κ2) is 6.36. The second-order valence-corrected chi connectivity index (χ2v) is 8.63. The molecule has 0 aromatic heterocycles. The first-order valence-corrected chi connectivity index (χ1v) is 9.69. The van der Waals surface area contributed by atoms with Crippen molar-refractivity contribution in [3.63, 3.8) is 0 Å². The van der Waals surface area contributed by atoms with Crippen molar-refractivity contribution in [1.29, 1.82) is 0 Å². The van der Waals surface area contributed by atoms with E-state index in [4.69, 9.17) is 0 Å². The molecule has 1 aromatic rings. The highest BCUT2D eigenvalue weighted by Gasteiger charge is 2.57. The topological polar surface area (TPSA) is 49.4 Å². The summed E-state index contributed by atoms with van der Waals surface area (Å²) in [6.07, 6.45) is 3.84. The molecular weight excluding hydrogens is 331 g/mol. The third kappa shape index (κ3) is 3.01. The van der Waals surface area contributed by atoms with Crippen molar-refractivity contribution in [2.75, 3.05) is 13.1 Å². The third-order valence-electron chi connectivity index (χ3n) is 6.85. The molecule has 2 saturated carbocycles. The Labute approximate surface area is 154 Å². The minimum absolute atomic E-state index is 0.0441. The maximum Gasteiger partial charge on any atom is 0.224 e. The molecule has 5 atom stereocenters. The Morgan fingerprint density at radius 1 is 1.23 bits per heavy atom. The highest BCUT2D eigenvalue weighted by atomic mass is 19.1. The zero-order chi connectivity index (χ0) is 18.5. The van der Waals surface area contributed by atoms with Gasteiger partial charge in [-0.15, -0.1) is 0 Å². The fraction of sp³-hybridized carbons (Fsp3) is 0.619. The van der Waals surface area contributed by atoms with Gasteiger partial charge in [-0.1, -0.05) is 25.1 Å². The molecule has 4 aliphatic rings. The van der Waals surface area contributed by atoms with Crippen molar-refractivity contribution in [1.82, 2.24) is 10.2 Å². The molecule has 2 aliphatic heterocycles. The molecule has 4 fully saturated rings. The molecule has 2 bridgehead atoms. The summed E-state index contributed by atoms with van der Waals surface area (Å²) < 4.78 is 14.1. The third-order valence-corrected chi connectivity index (χ3v) is 6.85. The summed E-state index contributed by atoms with van der Waals surface area (Å²) in [7, 11) is 0. The molecule has 5 heteroatoms. The van der Waals surface area contributed by atoms with Crippen molar-refractivity contribution >= 4 is 11.8 Å². The van der Waals surface area contributed by atoms with Crippen LogP contribution in [0.15, 0.2) is 24.3 Å². The average Bonchev–Trinajstić information content (AvgIpc) is 3.35. The van der Waals surface area contributed by atoms with Crippen LogP contribution in [0.25, 0.3) is 0 Å². The van der Waals surface area contributed by atoms with Gasteiger partial charge in [-0.3, -0.25) is 9.59 Å². The zero-order valence-electron chi connectivity index (χ0n) is 15.5. The number of hydrogen-bond acceptors (Lipinski definition) is 2. The Bertz CT molecular complexity index is 736. The Morgan fingerprint density at radius 3 is 2.73 bits per heavy atom. The van der Waals surface area contributed by atoms with E-state index < -0.39 is 5.41 Å². The molecule has 1 aromatic carbocycles. The van der Waals surface area contributed by atoms with Crippen molar-refractivity contribution < 1.29 is 14.0 Å². The van der Waals surface area contributed by atoms with E-state index in [2.05, 4.69) is 5.32 Å². The number of nitrogens with one attached hydrogen (secondary N) is 1. The maximum atomic E-state index is 14.1. The van der Waals surface area contributed by atoms with Gasteiger partial charge in [-0.05, 0) is 49.1 Å². The van der Waals surface area contributed by atoms with Crippen LogP contribution in [0.5, 0.6) is 0 Å². The molecule has 0 unspecified atom stereocenters. The molecular formula is C21H27FN2O2. The number of benzene rings is 1. The normalized spacial score (nSPS) is 35.7. The summed E-state index contributed by atoms with van der Waals surface area (Å²) in [5.41, 5.74) is 0.246. The summed E-state index contributed by atoms with van der Waals surface area (Å²) in [6.45, 7) is 5.16. The zero-order valence-corrected chi connectivity index (χ0v) is 15.5. The van der Waals surface area contributed by atoms with Crippen molar-refractivity contribution in [3.05, 3.63) is 35.6 Å². The molecule has 2 aliphatic carbocycles. The predicted octanol–water partition coefficient (Wildman–Crippen LogP) is 2.87. The highest BCUT2D eigenvalue weighted by molar-refractivity contribution is 5.84. The van der Waals surface area contributed by atoms with Crippen LogP contribution in [0.1, 0.15) is 45.1 Å². The average molecular weight is 358 g/mol. The van der Waals surface area contributed by atoms with Crippen molar-refractivity contribution in [2.45, 2.75) is 51.0 Å². The van der Waals surface area contributed by atoms with Crippen LogP contribution in [0.2, 0.25) is 0 Å². The van der Waals surface area contributed by atoms with E-state index in [0.29, 0.717) is 23.8 Å². The van der Waals surface area contributed by atoms with Crippen LogP contribution in [-0.4, -0.2) is 35.8 Å². The Morgan fingerprint density at radius 2 is 2.00 bits per heavy atom. The number of amides is 2. The molecule has 4 nitrogen and oxygen atoms in total. The van der Waals surface area contributed by atoms with E-state index >= 15 is 0 Å². The van der Waals surface area contributed by atoms with Crippen LogP contribution in [0.4, 0.5) is 4.39 Å². The quantitative estimate of drug-likeness (QED) is 0.903. The lowest BCUT2D eigenvalue weighted by atomic mass is 9.80. The lowest BCUT2D eigenvalue weighted by Gasteiger charge is -2.32. The van der Waals surface area contributed by atoms with E-state index in [1.807, 2.05) is 17.9 Å². The summed E-state index contributed by atoms with van der Waals surface area (Å²) >= 11 is 0. The van der Waals surface area contributed by atoms with Crippen LogP contribution in [-0.2, 0) is 15.0 Å². The molecule has 26 heavy (non-hydrogen) atoms. The van der Waals surface area contributed by atoms with Gasteiger partial charge < -0.3 is 10.2 Å². The smallest absolute Gasteiger partial charge is 0.224 e. The molecule has 140 valence electrons. The Kier molecular flexibility index (Phi) is 4.28. The van der Waals surface area contributed by atoms with Crippen LogP contribution in [0, 0.1) is 23.6 Å². The van der Waals surface area contributed by atoms with E-state index in [1.165, 1.54) is 6.07 Å². The van der Waals surface area contributed by atoms with Crippen molar-refractivity contribution in [2.24, 2.45) is 17.8 Å². The van der Waals surface area contributed by atoms with Crippen LogP contribution >= 0.6 is 0 Å². The fourth-order valence-electron chi connectivity index (χ4n) is 5.06. The van der Waals surface area contributed by atoms with Crippen LogP contribution < -0.4 is 5.32 Å². The molecule has 5 rings (SSSR count). The molecule has 2 heterocycles. The second-order valence-electron chi connectivity index (χ2n) is 8.63. The fourth-order valence-corrected chi connectivity index (χ4v) is 5.06. The summed E-state index contributed by atoms with van der Waals surface area (Å²) in [6, 6.07) is 6.91. The van der Waals surface area contributed by atoms with E-state index in [9.17, 15) is 14.0 Å². The number of fused-ring (bicyclic) bond motifs is 4. The van der Waals surface area contributed by atoms with Gasteiger partial charge in [0.1, 0.15) is 5.82 Å². The Hall–Kier alpha value is -1.91. The van der Waals surface area contributed by atoms with Gasteiger partial charge in [0, 0.05) is 37.4 Å². The van der Waals surface area contributed by atoms with E-state index in [0.717, 1.165) is 32.4 Å². The molecule has 1 N–H and O–H groups in total. The first kappa shape index (κ1) is 17.5. The predicted molar refractivity (Wildman–Crippen MR) is 96.9 cm³/mol. The van der Waals surface area contributed by atoms with E-state index in [1.54, 1.807) is 19.1 Å². The Balaban J connectivity index is 1.43. The molecule has 2 amide bonds. The summed E-state index contributed by atoms with van der Waals surface area (Å²) in [5, 5.41) is 3.26. The molecule has 0 spiro atoms. The van der Waals surface area contributed by atoms with Gasteiger partial charge in [0.05, 0.1) is 0 Å². The van der Waals surface area contributed by atoms with Gasteiger partial charge >= 0.3 is 0 Å². The molecule has 0 radical (unpaired) electrons. The SMILES string of the molecule is CC(=O)N1C[C@@H]2CC[C@H](C1)[C@H](NC(=O)[C@@H]1C[C@]1(C)c1ccccc1F)C2. The number of halogens is 1. The minimum atomic E-state index is -0.398. The van der Waals surface area contributed by atoms with Gasteiger partial charge in [0.25, 0.3) is 0 Å². The largest absolute Gasteiger partial charge is 0.353 e. The van der Waals surface area contributed by atoms with Gasteiger partial charge in [-0.25, -0.2) is 4.39 Å². The van der Waals surface area contributed by atoms with Crippen LogP contribution in [0.3, 0.4) is 0 Å². The number of nitrogens with zero attached hydrogens (tertiary/aromatic N) is 1. The standard InChI is InChI=1S/C21H27FN2O2/c1-13(25)24-11-14-7-8-15(12-24)19(9-14)23-20(26)17-10-21(17,2)16-5-3-4-6-18(16)22/h3-6,14-15,17,19H,7-12H2,1-2H3,(H,23,26)/t14-,15-,17+,19-,21-/m1/s1. The first-order valence-electron chi connectivity index (χ1n) is 9.69. The first-order chi connectivity index (χ1) is 12.4. The van der Waals surface area contributed by atoms with Crippen molar-refractivity contribution in [3.8, 4) is 0 Å². The summed E-state index contributed by atoms with van der Waals surface area (Å²) in [5.74, 6) is 0.590.